The Hall–Kier alpha value is -2.12. The second-order valence-electron chi connectivity index (χ2n) is 4.51. The van der Waals surface area contributed by atoms with Crippen molar-refractivity contribution in [2.45, 2.75) is 53.4 Å². The normalized spacial score (nSPS) is 10.1. The molecular weight excluding hydrogens is 308 g/mol. The zero-order valence-electron chi connectivity index (χ0n) is 14.1. The average molecular weight is 334 g/mol. The molecule has 0 radical (unpaired) electrons. The molecule has 0 bridgehead atoms. The first kappa shape index (κ1) is 23.2. The number of carboxylic acids is 2. The van der Waals surface area contributed by atoms with Crippen LogP contribution in [0.15, 0.2) is 0 Å². The Morgan fingerprint density at radius 3 is 1.17 bits per heavy atom. The van der Waals surface area contributed by atoms with Gasteiger partial charge in [-0.15, -0.1) is 0 Å². The second kappa shape index (κ2) is 12.4. The van der Waals surface area contributed by atoms with Crippen molar-refractivity contribution >= 4 is 23.9 Å². The molecule has 0 atom stereocenters. The van der Waals surface area contributed by atoms with Crippen molar-refractivity contribution in [2.24, 2.45) is 5.41 Å². The number of carboxylic acid groups (broad SMARTS) is 2. The summed E-state index contributed by atoms with van der Waals surface area (Å²) >= 11 is 0. The molecule has 2 N–H and O–H groups in total. The van der Waals surface area contributed by atoms with Gasteiger partial charge in [0.2, 0.25) is 0 Å². The summed E-state index contributed by atoms with van der Waals surface area (Å²) in [7, 11) is 0. The summed E-state index contributed by atoms with van der Waals surface area (Å²) < 4.78 is 9.25. The number of esters is 2. The predicted octanol–water partition coefficient (Wildman–Crippen LogP) is 1.85. The van der Waals surface area contributed by atoms with Gasteiger partial charge < -0.3 is 19.7 Å². The van der Waals surface area contributed by atoms with Crippen molar-refractivity contribution in [2.75, 3.05) is 13.2 Å². The zero-order chi connectivity index (χ0) is 18.5. The highest BCUT2D eigenvalue weighted by atomic mass is 16.5. The van der Waals surface area contributed by atoms with Crippen LogP contribution in [0.5, 0.6) is 0 Å². The maximum atomic E-state index is 10.7. The van der Waals surface area contributed by atoms with Crippen molar-refractivity contribution in [1.82, 2.24) is 0 Å². The molecule has 0 heterocycles. The summed E-state index contributed by atoms with van der Waals surface area (Å²) in [4.78, 5) is 42.5. The quantitative estimate of drug-likeness (QED) is 0.483. The first-order valence-electron chi connectivity index (χ1n) is 7.49. The molecule has 134 valence electrons. The Bertz CT molecular complexity index is 364. The van der Waals surface area contributed by atoms with Crippen molar-refractivity contribution in [1.29, 1.82) is 0 Å². The van der Waals surface area contributed by atoms with Crippen LogP contribution in [-0.4, -0.2) is 47.3 Å². The molecule has 0 fully saturated rings. The van der Waals surface area contributed by atoms with E-state index >= 15 is 0 Å². The minimum Gasteiger partial charge on any atom is -0.480 e. The summed E-state index contributed by atoms with van der Waals surface area (Å²) in [5.41, 5.74) is -1.58. The fourth-order valence-corrected chi connectivity index (χ4v) is 1.62. The van der Waals surface area contributed by atoms with Crippen LogP contribution in [-0.2, 0) is 28.7 Å². The van der Waals surface area contributed by atoms with Crippen LogP contribution < -0.4 is 0 Å². The highest BCUT2D eigenvalue weighted by Crippen LogP contribution is 2.26. The Labute approximate surface area is 135 Å². The number of hydrogen-bond donors (Lipinski definition) is 2. The summed E-state index contributed by atoms with van der Waals surface area (Å²) in [6, 6.07) is 0. The van der Waals surface area contributed by atoms with Crippen molar-refractivity contribution < 1.29 is 38.9 Å². The van der Waals surface area contributed by atoms with E-state index in [0.717, 1.165) is 0 Å². The number of rotatable bonds is 9. The van der Waals surface area contributed by atoms with Gasteiger partial charge in [-0.1, -0.05) is 13.8 Å². The van der Waals surface area contributed by atoms with Crippen molar-refractivity contribution in [3.8, 4) is 0 Å². The summed E-state index contributed by atoms with van der Waals surface area (Å²) in [6.45, 7) is 7.27. The summed E-state index contributed by atoms with van der Waals surface area (Å²) in [6.07, 6.45) is 0.446. The van der Waals surface area contributed by atoms with Crippen LogP contribution >= 0.6 is 0 Å². The molecule has 0 aromatic carbocycles. The second-order valence-corrected chi connectivity index (χ2v) is 4.51. The van der Waals surface area contributed by atoms with Crippen LogP contribution in [0.1, 0.15) is 53.4 Å². The van der Waals surface area contributed by atoms with E-state index in [1.54, 1.807) is 27.7 Å². The van der Waals surface area contributed by atoms with E-state index < -0.39 is 17.4 Å². The minimum atomic E-state index is -1.58. The van der Waals surface area contributed by atoms with Gasteiger partial charge in [-0.2, -0.15) is 0 Å². The lowest BCUT2D eigenvalue weighted by Gasteiger charge is -2.20. The van der Waals surface area contributed by atoms with Gasteiger partial charge in [0, 0.05) is 0 Å². The third-order valence-electron chi connectivity index (χ3n) is 3.17. The first-order chi connectivity index (χ1) is 10.7. The van der Waals surface area contributed by atoms with Gasteiger partial charge >= 0.3 is 23.9 Å². The molecule has 0 rings (SSSR count). The smallest absolute Gasteiger partial charge is 0.321 e. The number of carbonyl (C=O) groups is 4. The molecule has 0 aliphatic rings. The van der Waals surface area contributed by atoms with Gasteiger partial charge in [0.05, 0.1) is 26.1 Å². The van der Waals surface area contributed by atoms with Crippen LogP contribution in [0.4, 0.5) is 0 Å². The maximum absolute atomic E-state index is 10.7. The summed E-state index contributed by atoms with van der Waals surface area (Å²) in [5.74, 6) is -3.22. The molecule has 0 aromatic rings. The van der Waals surface area contributed by atoms with Gasteiger partial charge in [-0.25, -0.2) is 0 Å². The van der Waals surface area contributed by atoms with Gasteiger partial charge in [0.1, 0.15) is 0 Å². The third-order valence-corrected chi connectivity index (χ3v) is 3.17. The van der Waals surface area contributed by atoms with Crippen molar-refractivity contribution in [3.63, 3.8) is 0 Å². The molecule has 0 saturated carbocycles. The van der Waals surface area contributed by atoms with E-state index in [9.17, 15) is 19.2 Å². The van der Waals surface area contributed by atoms with E-state index in [0.29, 0.717) is 13.2 Å². The topological polar surface area (TPSA) is 127 Å². The van der Waals surface area contributed by atoms with Gasteiger partial charge in [0.25, 0.3) is 0 Å². The highest BCUT2D eigenvalue weighted by molar-refractivity contribution is 5.98. The predicted molar refractivity (Wildman–Crippen MR) is 80.8 cm³/mol. The number of ether oxygens (including phenoxy) is 2. The molecule has 0 aromatic heterocycles. The molecule has 8 heteroatoms. The Kier molecular flexibility index (Phi) is 12.5. The van der Waals surface area contributed by atoms with E-state index in [-0.39, 0.29) is 37.6 Å². The Morgan fingerprint density at radius 2 is 1.04 bits per heavy atom. The molecular formula is C15H26O8. The highest BCUT2D eigenvalue weighted by Gasteiger charge is 2.42. The molecule has 0 saturated heterocycles. The van der Waals surface area contributed by atoms with Crippen LogP contribution in [0.3, 0.4) is 0 Å². The lowest BCUT2D eigenvalue weighted by molar-refractivity contribution is -0.165. The zero-order valence-corrected chi connectivity index (χ0v) is 14.1. The minimum absolute atomic E-state index is 0.104. The van der Waals surface area contributed by atoms with Crippen LogP contribution in [0.2, 0.25) is 0 Å². The largest absolute Gasteiger partial charge is 0.480 e. The van der Waals surface area contributed by atoms with E-state index in [1.165, 1.54) is 0 Å². The lowest BCUT2D eigenvalue weighted by atomic mass is 9.83. The molecule has 0 amide bonds. The fourth-order valence-electron chi connectivity index (χ4n) is 1.62. The number of carbonyl (C=O) groups excluding carboxylic acids is 2. The van der Waals surface area contributed by atoms with Crippen LogP contribution in [0.25, 0.3) is 0 Å². The number of hydrogen-bond acceptors (Lipinski definition) is 6. The summed E-state index contributed by atoms with van der Waals surface area (Å²) in [5, 5.41) is 17.2. The molecule has 0 unspecified atom stereocenters. The standard InChI is InChI=1S/C8H14O4.C7H12O4/c1-3-11-7(9)5-6-8(10)12-4-2;1-3-7(4-2,5(8)9)6(10)11/h3-6H2,1-2H3;3-4H2,1-2H3,(H,8,9)(H,10,11). The maximum Gasteiger partial charge on any atom is 0.321 e. The molecule has 8 nitrogen and oxygen atoms in total. The average Bonchev–Trinajstić information content (AvgIpc) is 2.47. The van der Waals surface area contributed by atoms with Crippen LogP contribution in [0, 0.1) is 5.41 Å². The molecule has 0 aliphatic carbocycles. The van der Waals surface area contributed by atoms with E-state index in [2.05, 4.69) is 9.47 Å². The number of aliphatic carboxylic acids is 2. The van der Waals surface area contributed by atoms with E-state index in [1.807, 2.05) is 0 Å². The van der Waals surface area contributed by atoms with Gasteiger partial charge in [-0.3, -0.25) is 19.2 Å². The Morgan fingerprint density at radius 1 is 0.739 bits per heavy atom. The van der Waals surface area contributed by atoms with Gasteiger partial charge in [-0.05, 0) is 26.7 Å². The monoisotopic (exact) mass is 334 g/mol. The van der Waals surface area contributed by atoms with Crippen molar-refractivity contribution in [3.05, 3.63) is 0 Å². The molecule has 0 spiro atoms. The first-order valence-corrected chi connectivity index (χ1v) is 7.49. The molecule has 0 aliphatic heterocycles. The SMILES string of the molecule is CCC(CC)(C(=O)O)C(=O)O.CCOC(=O)CCC(=O)OCC. The third kappa shape index (κ3) is 8.80. The lowest BCUT2D eigenvalue weighted by Crippen LogP contribution is -2.38. The fraction of sp³-hybridized carbons (Fsp3) is 0.733. The van der Waals surface area contributed by atoms with Gasteiger partial charge in [0.15, 0.2) is 5.41 Å². The Balaban J connectivity index is 0. The van der Waals surface area contributed by atoms with E-state index in [4.69, 9.17) is 10.2 Å². The molecule has 23 heavy (non-hydrogen) atoms.